The van der Waals surface area contributed by atoms with Crippen molar-refractivity contribution in [3.05, 3.63) is 71.0 Å². The first-order chi connectivity index (χ1) is 16.2. The van der Waals surface area contributed by atoms with Crippen molar-refractivity contribution in [3.8, 4) is 0 Å². The molecule has 2 amide bonds. The molecule has 0 atom stereocenters. The maximum atomic E-state index is 13.3. The lowest BCUT2D eigenvalue weighted by atomic mass is 10.1. The lowest BCUT2D eigenvalue weighted by molar-refractivity contribution is -0.138. The van der Waals surface area contributed by atoms with Gasteiger partial charge in [-0.1, -0.05) is 12.1 Å². The van der Waals surface area contributed by atoms with Gasteiger partial charge in [-0.25, -0.2) is 0 Å². The standard InChI is InChI=1S/C22H20F3N7O2/c1-14-6-8-18(29-27-14)26-20(33)17-7-9-19(30-28-17)31-10-12-32(13-11-31)21(34)15-4-2-3-5-16(15)22(23,24)25/h2-9H,10-13H2,1H3,(H,26,29,33). The third kappa shape index (κ3) is 5.11. The maximum Gasteiger partial charge on any atom is 0.417 e. The Morgan fingerprint density at radius 3 is 2.24 bits per heavy atom. The van der Waals surface area contributed by atoms with Crippen molar-refractivity contribution >= 4 is 23.5 Å². The number of halogens is 3. The Hall–Kier alpha value is -4.09. The summed E-state index contributed by atoms with van der Waals surface area (Å²) in [5.74, 6) is -0.371. The number of anilines is 2. The van der Waals surface area contributed by atoms with Gasteiger partial charge in [0.15, 0.2) is 17.3 Å². The normalized spacial score (nSPS) is 14.1. The number of alkyl halides is 3. The predicted octanol–water partition coefficient (Wildman–Crippen LogP) is 2.81. The third-order valence-electron chi connectivity index (χ3n) is 5.28. The summed E-state index contributed by atoms with van der Waals surface area (Å²) in [4.78, 5) is 28.3. The summed E-state index contributed by atoms with van der Waals surface area (Å²) in [6.07, 6.45) is -4.61. The minimum Gasteiger partial charge on any atom is -0.352 e. The first-order valence-corrected chi connectivity index (χ1v) is 10.4. The van der Waals surface area contributed by atoms with Gasteiger partial charge in [0, 0.05) is 26.2 Å². The zero-order valence-corrected chi connectivity index (χ0v) is 18.1. The second-order valence-electron chi connectivity index (χ2n) is 7.61. The van der Waals surface area contributed by atoms with Gasteiger partial charge >= 0.3 is 6.18 Å². The molecule has 3 heterocycles. The first-order valence-electron chi connectivity index (χ1n) is 10.4. The summed E-state index contributed by atoms with van der Waals surface area (Å²) in [7, 11) is 0. The van der Waals surface area contributed by atoms with Crippen LogP contribution in [-0.4, -0.2) is 63.3 Å². The fraction of sp³-hybridized carbons (Fsp3) is 0.273. The highest BCUT2D eigenvalue weighted by Gasteiger charge is 2.36. The van der Waals surface area contributed by atoms with E-state index in [-0.39, 0.29) is 30.2 Å². The molecule has 2 aromatic heterocycles. The van der Waals surface area contributed by atoms with Gasteiger partial charge in [-0.05, 0) is 43.3 Å². The van der Waals surface area contributed by atoms with Crippen LogP contribution in [0.4, 0.5) is 24.8 Å². The molecular formula is C22H20F3N7O2. The Kier molecular flexibility index (Phi) is 6.39. The molecule has 0 unspecified atom stereocenters. The van der Waals surface area contributed by atoms with Crippen LogP contribution < -0.4 is 10.2 Å². The van der Waals surface area contributed by atoms with Gasteiger partial charge in [0.2, 0.25) is 0 Å². The largest absolute Gasteiger partial charge is 0.417 e. The molecule has 1 fully saturated rings. The van der Waals surface area contributed by atoms with Crippen molar-refractivity contribution in [2.24, 2.45) is 0 Å². The fourth-order valence-corrected chi connectivity index (χ4v) is 3.49. The number of nitrogens with zero attached hydrogens (tertiary/aromatic N) is 6. The monoisotopic (exact) mass is 471 g/mol. The van der Waals surface area contributed by atoms with Crippen LogP contribution in [0.25, 0.3) is 0 Å². The molecule has 1 saturated heterocycles. The summed E-state index contributed by atoms with van der Waals surface area (Å²) >= 11 is 0. The minimum atomic E-state index is -4.61. The lowest BCUT2D eigenvalue weighted by Crippen LogP contribution is -2.49. The highest BCUT2D eigenvalue weighted by molar-refractivity contribution is 6.02. The molecule has 3 aromatic rings. The number of piperazine rings is 1. The molecule has 1 aromatic carbocycles. The number of aromatic nitrogens is 4. The quantitative estimate of drug-likeness (QED) is 0.624. The molecule has 0 radical (unpaired) electrons. The number of nitrogens with one attached hydrogen (secondary N) is 1. The smallest absolute Gasteiger partial charge is 0.352 e. The molecule has 1 aliphatic heterocycles. The van der Waals surface area contributed by atoms with E-state index in [9.17, 15) is 22.8 Å². The van der Waals surface area contributed by atoms with E-state index < -0.39 is 23.6 Å². The second-order valence-corrected chi connectivity index (χ2v) is 7.61. The molecule has 34 heavy (non-hydrogen) atoms. The van der Waals surface area contributed by atoms with Crippen LogP contribution in [0.15, 0.2) is 48.5 Å². The number of rotatable bonds is 4. The molecule has 176 valence electrons. The van der Waals surface area contributed by atoms with Gasteiger partial charge in [-0.3, -0.25) is 9.59 Å². The van der Waals surface area contributed by atoms with Gasteiger partial charge in [0.1, 0.15) is 0 Å². The average Bonchev–Trinajstić information content (AvgIpc) is 2.84. The van der Waals surface area contributed by atoms with Crippen LogP contribution in [0.2, 0.25) is 0 Å². The minimum absolute atomic E-state index is 0.0868. The highest BCUT2D eigenvalue weighted by atomic mass is 19.4. The topological polar surface area (TPSA) is 104 Å². The molecule has 0 bridgehead atoms. The van der Waals surface area contributed by atoms with Gasteiger partial charge in [-0.15, -0.1) is 15.3 Å². The summed E-state index contributed by atoms with van der Waals surface area (Å²) in [5, 5.41) is 18.3. The van der Waals surface area contributed by atoms with Crippen molar-refractivity contribution < 1.29 is 22.8 Å². The van der Waals surface area contributed by atoms with Crippen LogP contribution in [0.3, 0.4) is 0 Å². The Morgan fingerprint density at radius 2 is 1.62 bits per heavy atom. The van der Waals surface area contributed by atoms with Crippen LogP contribution in [0.5, 0.6) is 0 Å². The maximum absolute atomic E-state index is 13.3. The number of aryl methyl sites for hydroxylation is 1. The number of amides is 2. The van der Waals surface area contributed by atoms with E-state index in [1.807, 2.05) is 4.90 Å². The van der Waals surface area contributed by atoms with Gasteiger partial charge in [-0.2, -0.15) is 18.3 Å². The van der Waals surface area contributed by atoms with E-state index in [1.165, 1.54) is 29.2 Å². The lowest BCUT2D eigenvalue weighted by Gasteiger charge is -2.35. The number of carbonyl (C=O) groups excluding carboxylic acids is 2. The molecule has 1 N–H and O–H groups in total. The van der Waals surface area contributed by atoms with Crippen molar-refractivity contribution in [1.82, 2.24) is 25.3 Å². The summed E-state index contributed by atoms with van der Waals surface area (Å²) in [5.41, 5.74) is -0.507. The predicted molar refractivity (Wildman–Crippen MR) is 116 cm³/mol. The zero-order valence-electron chi connectivity index (χ0n) is 18.1. The molecule has 0 saturated carbocycles. The van der Waals surface area contributed by atoms with E-state index in [0.717, 1.165) is 6.07 Å². The van der Waals surface area contributed by atoms with Crippen LogP contribution in [-0.2, 0) is 6.18 Å². The summed E-state index contributed by atoms with van der Waals surface area (Å²) in [6, 6.07) is 11.2. The van der Waals surface area contributed by atoms with Crippen LogP contribution >= 0.6 is 0 Å². The SMILES string of the molecule is Cc1ccc(NC(=O)c2ccc(N3CCN(C(=O)c4ccccc4C(F)(F)F)CC3)nn2)nn1. The zero-order chi connectivity index (χ0) is 24.3. The first kappa shape index (κ1) is 23.1. The molecular weight excluding hydrogens is 451 g/mol. The Bertz CT molecular complexity index is 1180. The molecule has 9 nitrogen and oxygen atoms in total. The molecule has 12 heteroatoms. The van der Waals surface area contributed by atoms with Gasteiger partial charge < -0.3 is 15.1 Å². The van der Waals surface area contributed by atoms with Crippen molar-refractivity contribution in [2.75, 3.05) is 36.4 Å². The molecule has 0 aliphatic carbocycles. The number of carbonyl (C=O) groups is 2. The van der Waals surface area contributed by atoms with E-state index in [2.05, 4.69) is 25.7 Å². The van der Waals surface area contributed by atoms with Gasteiger partial charge in [0.25, 0.3) is 11.8 Å². The number of hydrogen-bond acceptors (Lipinski definition) is 7. The number of benzene rings is 1. The van der Waals surface area contributed by atoms with Crippen LogP contribution in [0, 0.1) is 6.92 Å². The summed E-state index contributed by atoms with van der Waals surface area (Å²) in [6.45, 7) is 2.94. The highest BCUT2D eigenvalue weighted by Crippen LogP contribution is 2.32. The molecule has 4 rings (SSSR count). The Labute approximate surface area is 192 Å². The van der Waals surface area contributed by atoms with E-state index in [1.54, 1.807) is 25.1 Å². The van der Waals surface area contributed by atoms with Crippen LogP contribution in [0.1, 0.15) is 32.1 Å². The summed E-state index contributed by atoms with van der Waals surface area (Å²) < 4.78 is 39.8. The Balaban J connectivity index is 1.37. The van der Waals surface area contributed by atoms with Crippen molar-refractivity contribution in [2.45, 2.75) is 13.1 Å². The van der Waals surface area contributed by atoms with E-state index in [4.69, 9.17) is 0 Å². The molecule has 1 aliphatic rings. The fourth-order valence-electron chi connectivity index (χ4n) is 3.49. The van der Waals surface area contributed by atoms with Gasteiger partial charge in [0.05, 0.1) is 16.8 Å². The van der Waals surface area contributed by atoms with Crippen molar-refractivity contribution in [3.63, 3.8) is 0 Å². The Morgan fingerprint density at radius 1 is 0.882 bits per heavy atom. The molecule has 0 spiro atoms. The third-order valence-corrected chi connectivity index (χ3v) is 5.28. The second kappa shape index (κ2) is 9.41. The number of hydrogen-bond donors (Lipinski definition) is 1. The van der Waals surface area contributed by atoms with Crippen molar-refractivity contribution in [1.29, 1.82) is 0 Å². The van der Waals surface area contributed by atoms with E-state index >= 15 is 0 Å². The van der Waals surface area contributed by atoms with E-state index in [0.29, 0.717) is 24.6 Å². The average molecular weight is 471 g/mol.